The molecule has 2 heterocycles. The first-order valence-electron chi connectivity index (χ1n) is 7.92. The second kappa shape index (κ2) is 7.51. The van der Waals surface area contributed by atoms with Gasteiger partial charge in [0.05, 0.1) is 11.1 Å². The van der Waals surface area contributed by atoms with Crippen LogP contribution in [0.4, 0.5) is 5.69 Å². The number of hydrogen-bond donors (Lipinski definition) is 1. The van der Waals surface area contributed by atoms with E-state index in [1.54, 1.807) is 17.5 Å². The highest BCUT2D eigenvalue weighted by Gasteiger charge is 2.12. The summed E-state index contributed by atoms with van der Waals surface area (Å²) in [6, 6.07) is 20.8. The van der Waals surface area contributed by atoms with E-state index in [4.69, 9.17) is 4.74 Å². The molecule has 0 spiro atoms. The lowest BCUT2D eigenvalue weighted by molar-refractivity contribution is 0.103. The quantitative estimate of drug-likeness (QED) is 0.469. The monoisotopic (exact) mass is 378 g/mol. The van der Waals surface area contributed by atoms with Crippen LogP contribution in [-0.4, -0.2) is 10.9 Å². The van der Waals surface area contributed by atoms with Gasteiger partial charge in [-0.15, -0.1) is 22.7 Å². The molecule has 0 bridgehead atoms. The number of hydrogen-bond acceptors (Lipinski definition) is 5. The van der Waals surface area contributed by atoms with Gasteiger partial charge in [-0.3, -0.25) is 4.79 Å². The number of nitrogens with zero attached hydrogens (tertiary/aromatic N) is 1. The van der Waals surface area contributed by atoms with E-state index in [9.17, 15) is 4.79 Å². The number of carbonyl (C=O) groups excluding carboxylic acids is 1. The van der Waals surface area contributed by atoms with Gasteiger partial charge < -0.3 is 10.1 Å². The fraction of sp³-hybridized carbons (Fsp3) is 0. The zero-order valence-corrected chi connectivity index (χ0v) is 15.2. The first-order chi connectivity index (χ1) is 12.8. The van der Waals surface area contributed by atoms with Crippen molar-refractivity contribution < 1.29 is 9.53 Å². The number of amides is 1. The van der Waals surface area contributed by atoms with Crippen LogP contribution < -0.4 is 10.1 Å². The maximum Gasteiger partial charge on any atom is 0.267 e. The van der Waals surface area contributed by atoms with Gasteiger partial charge in [-0.25, -0.2) is 4.98 Å². The van der Waals surface area contributed by atoms with Crippen molar-refractivity contribution in [2.45, 2.75) is 0 Å². The van der Waals surface area contributed by atoms with Crippen LogP contribution in [0.5, 0.6) is 11.5 Å². The molecule has 4 rings (SSSR count). The molecule has 0 radical (unpaired) electrons. The minimum Gasteiger partial charge on any atom is -0.457 e. The van der Waals surface area contributed by atoms with Crippen molar-refractivity contribution in [1.82, 2.24) is 4.98 Å². The SMILES string of the molecule is O=C(Nc1ccc(Oc2ccccc2)cc1)c1cnc(-c2cccs2)s1. The van der Waals surface area contributed by atoms with Crippen molar-refractivity contribution in [3.63, 3.8) is 0 Å². The number of thiophene rings is 1. The maximum absolute atomic E-state index is 12.4. The van der Waals surface area contributed by atoms with E-state index in [0.29, 0.717) is 16.3 Å². The van der Waals surface area contributed by atoms with E-state index >= 15 is 0 Å². The number of thiazole rings is 1. The molecule has 1 amide bonds. The largest absolute Gasteiger partial charge is 0.457 e. The van der Waals surface area contributed by atoms with Gasteiger partial charge in [0.1, 0.15) is 21.4 Å². The zero-order valence-electron chi connectivity index (χ0n) is 13.6. The van der Waals surface area contributed by atoms with Crippen molar-refractivity contribution in [1.29, 1.82) is 0 Å². The summed E-state index contributed by atoms with van der Waals surface area (Å²) in [5.41, 5.74) is 0.710. The predicted molar refractivity (Wildman–Crippen MR) is 106 cm³/mol. The first-order valence-corrected chi connectivity index (χ1v) is 9.61. The van der Waals surface area contributed by atoms with Crippen molar-refractivity contribution >= 4 is 34.3 Å². The Bertz CT molecular complexity index is 994. The lowest BCUT2D eigenvalue weighted by atomic mass is 10.3. The number of carbonyl (C=O) groups is 1. The Morgan fingerprint density at radius 3 is 2.42 bits per heavy atom. The lowest BCUT2D eigenvalue weighted by Gasteiger charge is -2.07. The van der Waals surface area contributed by atoms with Gasteiger partial charge in [-0.2, -0.15) is 0 Å². The van der Waals surface area contributed by atoms with Crippen LogP contribution >= 0.6 is 22.7 Å². The molecule has 6 heteroatoms. The highest BCUT2D eigenvalue weighted by atomic mass is 32.1. The summed E-state index contributed by atoms with van der Waals surface area (Å²) in [6.45, 7) is 0. The van der Waals surface area contributed by atoms with E-state index in [1.807, 2.05) is 72.1 Å². The van der Waals surface area contributed by atoms with Crippen LogP contribution in [0.2, 0.25) is 0 Å². The summed E-state index contributed by atoms with van der Waals surface area (Å²) in [5, 5.41) is 5.74. The Morgan fingerprint density at radius 1 is 0.923 bits per heavy atom. The summed E-state index contributed by atoms with van der Waals surface area (Å²) in [7, 11) is 0. The highest BCUT2D eigenvalue weighted by Crippen LogP contribution is 2.29. The number of nitrogens with one attached hydrogen (secondary N) is 1. The summed E-state index contributed by atoms with van der Waals surface area (Å²) in [5.74, 6) is 1.32. The highest BCUT2D eigenvalue weighted by molar-refractivity contribution is 7.22. The van der Waals surface area contributed by atoms with Crippen molar-refractivity contribution in [3.8, 4) is 21.4 Å². The van der Waals surface area contributed by atoms with Crippen molar-refractivity contribution in [2.75, 3.05) is 5.32 Å². The number of rotatable bonds is 5. The summed E-state index contributed by atoms with van der Waals surface area (Å²) in [4.78, 5) is 18.4. The van der Waals surface area contributed by atoms with Crippen LogP contribution in [0.1, 0.15) is 9.67 Å². The Morgan fingerprint density at radius 2 is 1.69 bits per heavy atom. The average Bonchev–Trinajstić information content (AvgIpc) is 3.36. The Hall–Kier alpha value is -2.96. The molecule has 0 saturated heterocycles. The number of aromatic nitrogens is 1. The zero-order chi connectivity index (χ0) is 17.8. The topological polar surface area (TPSA) is 51.2 Å². The van der Waals surface area contributed by atoms with Gasteiger partial charge in [-0.05, 0) is 47.8 Å². The van der Waals surface area contributed by atoms with E-state index in [-0.39, 0.29) is 5.91 Å². The van der Waals surface area contributed by atoms with Crippen LogP contribution in [0.25, 0.3) is 9.88 Å². The normalized spacial score (nSPS) is 10.5. The molecule has 0 saturated carbocycles. The Labute approximate surface area is 158 Å². The summed E-state index contributed by atoms with van der Waals surface area (Å²) < 4.78 is 5.75. The summed E-state index contributed by atoms with van der Waals surface area (Å²) >= 11 is 3.00. The predicted octanol–water partition coefficient (Wildman–Crippen LogP) is 5.92. The second-order valence-electron chi connectivity index (χ2n) is 5.40. The van der Waals surface area contributed by atoms with E-state index in [1.165, 1.54) is 11.3 Å². The van der Waals surface area contributed by atoms with Crippen molar-refractivity contribution in [3.05, 3.63) is 83.2 Å². The molecular weight excluding hydrogens is 364 g/mol. The molecule has 4 aromatic rings. The van der Waals surface area contributed by atoms with Crippen LogP contribution in [-0.2, 0) is 0 Å². The molecule has 2 aromatic carbocycles. The molecule has 128 valence electrons. The minimum absolute atomic E-state index is 0.165. The van der Waals surface area contributed by atoms with Gasteiger partial charge in [-0.1, -0.05) is 24.3 Å². The van der Waals surface area contributed by atoms with Crippen LogP contribution in [0, 0.1) is 0 Å². The number of ether oxygens (including phenoxy) is 1. The van der Waals surface area contributed by atoms with Gasteiger partial charge in [0.25, 0.3) is 5.91 Å². The molecule has 0 unspecified atom stereocenters. The van der Waals surface area contributed by atoms with Gasteiger partial charge in [0, 0.05) is 5.69 Å². The molecule has 4 nitrogen and oxygen atoms in total. The average molecular weight is 378 g/mol. The van der Waals surface area contributed by atoms with Crippen molar-refractivity contribution in [2.24, 2.45) is 0 Å². The van der Waals surface area contributed by atoms with Gasteiger partial charge in [0.2, 0.25) is 0 Å². The fourth-order valence-electron chi connectivity index (χ4n) is 2.32. The molecule has 0 aliphatic heterocycles. The minimum atomic E-state index is -0.165. The molecule has 0 atom stereocenters. The maximum atomic E-state index is 12.4. The molecular formula is C20H14N2O2S2. The summed E-state index contributed by atoms with van der Waals surface area (Å²) in [6.07, 6.45) is 1.61. The van der Waals surface area contributed by atoms with E-state index < -0.39 is 0 Å². The van der Waals surface area contributed by atoms with Gasteiger partial charge in [0.15, 0.2) is 0 Å². The lowest BCUT2D eigenvalue weighted by Crippen LogP contribution is -2.09. The third-order valence-electron chi connectivity index (χ3n) is 3.55. The molecule has 0 aliphatic rings. The Balaban J connectivity index is 1.41. The fourth-order valence-corrected chi connectivity index (χ4v) is 3.93. The molecule has 1 N–H and O–H groups in total. The van der Waals surface area contributed by atoms with Crippen LogP contribution in [0.15, 0.2) is 78.3 Å². The Kier molecular flexibility index (Phi) is 4.77. The standard InChI is InChI=1S/C20H14N2O2S2/c23-19(18-13-21-20(26-18)17-7-4-12-25-17)22-14-8-10-16(11-9-14)24-15-5-2-1-3-6-15/h1-13H,(H,22,23). The number of para-hydroxylation sites is 1. The van der Waals surface area contributed by atoms with E-state index in [0.717, 1.165) is 15.6 Å². The number of benzene rings is 2. The second-order valence-corrected chi connectivity index (χ2v) is 7.38. The smallest absolute Gasteiger partial charge is 0.267 e. The number of anilines is 1. The molecule has 0 fully saturated rings. The third-order valence-corrected chi connectivity index (χ3v) is 5.59. The molecule has 26 heavy (non-hydrogen) atoms. The third kappa shape index (κ3) is 3.82. The van der Waals surface area contributed by atoms with Crippen LogP contribution in [0.3, 0.4) is 0 Å². The molecule has 2 aromatic heterocycles. The van der Waals surface area contributed by atoms with Gasteiger partial charge >= 0.3 is 0 Å². The molecule has 0 aliphatic carbocycles. The first kappa shape index (κ1) is 16.5. The van der Waals surface area contributed by atoms with E-state index in [2.05, 4.69) is 10.3 Å².